The molecule has 0 unspecified atom stereocenters. The third kappa shape index (κ3) is 5.15. The summed E-state index contributed by atoms with van der Waals surface area (Å²) >= 11 is 5.75. The number of ether oxygens (including phenoxy) is 1. The van der Waals surface area contributed by atoms with Crippen molar-refractivity contribution in [3.63, 3.8) is 0 Å². The van der Waals surface area contributed by atoms with Crippen LogP contribution in [0, 0.1) is 0 Å². The van der Waals surface area contributed by atoms with Crippen LogP contribution < -0.4 is 5.32 Å². The fourth-order valence-electron chi connectivity index (χ4n) is 1.85. The second-order valence-electron chi connectivity index (χ2n) is 5.35. The first-order valence-corrected chi connectivity index (χ1v) is 7.62. The lowest BCUT2D eigenvalue weighted by atomic mass is 10.1. The van der Waals surface area contributed by atoms with E-state index in [1.807, 2.05) is 0 Å². The van der Waals surface area contributed by atoms with Gasteiger partial charge in [-0.1, -0.05) is 11.6 Å². The molecular weight excluding hydrogens is 306 g/mol. The number of ketones is 1. The summed E-state index contributed by atoms with van der Waals surface area (Å²) < 4.78 is 5.02. The molecule has 1 atom stereocenters. The predicted octanol–water partition coefficient (Wildman–Crippen LogP) is 2.51. The monoisotopic (exact) mass is 323 g/mol. The predicted molar refractivity (Wildman–Crippen MR) is 81.7 cm³/mol. The molecule has 1 amide bonds. The average molecular weight is 324 g/mol. The van der Waals surface area contributed by atoms with Gasteiger partial charge in [-0.15, -0.1) is 0 Å². The Morgan fingerprint density at radius 3 is 2.45 bits per heavy atom. The fraction of sp³-hybridized carbons (Fsp3) is 0.438. The lowest BCUT2D eigenvalue weighted by molar-refractivity contribution is -0.154. The quantitative estimate of drug-likeness (QED) is 0.618. The Bertz CT molecular complexity index is 566. The molecule has 118 valence electrons. The van der Waals surface area contributed by atoms with Gasteiger partial charge in [-0.25, -0.2) is 0 Å². The van der Waals surface area contributed by atoms with Gasteiger partial charge in [-0.05, 0) is 44.0 Å². The van der Waals surface area contributed by atoms with Crippen LogP contribution in [-0.2, 0) is 14.3 Å². The topological polar surface area (TPSA) is 72.5 Å². The van der Waals surface area contributed by atoms with Crippen LogP contribution in [0.15, 0.2) is 24.3 Å². The van der Waals surface area contributed by atoms with Crippen LogP contribution in [-0.4, -0.2) is 29.8 Å². The van der Waals surface area contributed by atoms with Crippen molar-refractivity contribution in [3.8, 4) is 0 Å². The van der Waals surface area contributed by atoms with Crippen molar-refractivity contribution in [2.24, 2.45) is 0 Å². The highest BCUT2D eigenvalue weighted by molar-refractivity contribution is 6.30. The van der Waals surface area contributed by atoms with Gasteiger partial charge in [0.1, 0.15) is 0 Å². The van der Waals surface area contributed by atoms with Crippen molar-refractivity contribution in [2.45, 2.75) is 44.8 Å². The van der Waals surface area contributed by atoms with Gasteiger partial charge >= 0.3 is 5.97 Å². The van der Waals surface area contributed by atoms with E-state index in [0.29, 0.717) is 10.6 Å². The zero-order valence-electron chi connectivity index (χ0n) is 12.3. The zero-order chi connectivity index (χ0) is 16.1. The van der Waals surface area contributed by atoms with E-state index in [1.165, 1.54) is 6.92 Å². The SMILES string of the molecule is C[C@H](OC(=O)CCC(=O)c1ccc(Cl)cc1)C(=O)NC1CC1. The lowest BCUT2D eigenvalue weighted by Crippen LogP contribution is -2.37. The summed E-state index contributed by atoms with van der Waals surface area (Å²) in [6.45, 7) is 1.52. The smallest absolute Gasteiger partial charge is 0.307 e. The van der Waals surface area contributed by atoms with Gasteiger partial charge in [0.25, 0.3) is 5.91 Å². The number of hydrogen-bond acceptors (Lipinski definition) is 4. The first-order chi connectivity index (χ1) is 10.5. The lowest BCUT2D eigenvalue weighted by Gasteiger charge is -2.12. The van der Waals surface area contributed by atoms with Crippen molar-refractivity contribution in [2.75, 3.05) is 0 Å². The Morgan fingerprint density at radius 2 is 1.86 bits per heavy atom. The first kappa shape index (κ1) is 16.5. The molecule has 1 aromatic rings. The van der Waals surface area contributed by atoms with E-state index >= 15 is 0 Å². The second-order valence-corrected chi connectivity index (χ2v) is 5.78. The van der Waals surface area contributed by atoms with Gasteiger partial charge in [0.2, 0.25) is 0 Å². The maximum atomic E-state index is 11.9. The maximum Gasteiger partial charge on any atom is 0.307 e. The minimum Gasteiger partial charge on any atom is -0.453 e. The summed E-state index contributed by atoms with van der Waals surface area (Å²) in [7, 11) is 0. The van der Waals surface area contributed by atoms with Crippen LogP contribution in [0.4, 0.5) is 0 Å². The van der Waals surface area contributed by atoms with Crippen LogP contribution in [0.1, 0.15) is 43.0 Å². The van der Waals surface area contributed by atoms with Gasteiger partial charge in [-0.2, -0.15) is 0 Å². The molecule has 0 bridgehead atoms. The molecule has 2 rings (SSSR count). The van der Waals surface area contributed by atoms with Crippen molar-refractivity contribution in [1.29, 1.82) is 0 Å². The summed E-state index contributed by atoms with van der Waals surface area (Å²) in [6, 6.07) is 6.69. The third-order valence-corrected chi connectivity index (χ3v) is 3.58. The zero-order valence-corrected chi connectivity index (χ0v) is 13.1. The molecule has 5 nitrogen and oxygen atoms in total. The molecular formula is C16H18ClNO4. The van der Waals surface area contributed by atoms with Crippen LogP contribution in [0.5, 0.6) is 0 Å². The van der Waals surface area contributed by atoms with E-state index in [2.05, 4.69) is 5.32 Å². The number of carbonyl (C=O) groups is 3. The van der Waals surface area contributed by atoms with Crippen molar-refractivity contribution < 1.29 is 19.1 Å². The van der Waals surface area contributed by atoms with Crippen LogP contribution in [0.2, 0.25) is 5.02 Å². The van der Waals surface area contributed by atoms with E-state index < -0.39 is 12.1 Å². The Kier molecular flexibility index (Phi) is 5.55. The highest BCUT2D eigenvalue weighted by atomic mass is 35.5. The van der Waals surface area contributed by atoms with Crippen molar-refractivity contribution in [1.82, 2.24) is 5.32 Å². The molecule has 0 saturated heterocycles. The summed E-state index contributed by atoms with van der Waals surface area (Å²) in [4.78, 5) is 35.2. The fourth-order valence-corrected chi connectivity index (χ4v) is 1.98. The number of carbonyl (C=O) groups excluding carboxylic acids is 3. The summed E-state index contributed by atoms with van der Waals surface area (Å²) in [5, 5.41) is 3.31. The molecule has 0 spiro atoms. The number of halogens is 1. The molecule has 0 aromatic heterocycles. The van der Waals surface area contributed by atoms with Crippen molar-refractivity contribution in [3.05, 3.63) is 34.9 Å². The minimum absolute atomic E-state index is 0.0391. The summed E-state index contributed by atoms with van der Waals surface area (Å²) in [5.74, 6) is -1.01. The Hall–Kier alpha value is -1.88. The molecule has 6 heteroatoms. The normalized spacial score (nSPS) is 15.0. The van der Waals surface area contributed by atoms with Gasteiger partial charge in [0.15, 0.2) is 11.9 Å². The molecule has 1 saturated carbocycles. The van der Waals surface area contributed by atoms with Gasteiger partial charge < -0.3 is 10.1 Å². The standard InChI is InChI=1S/C16H18ClNO4/c1-10(16(21)18-13-6-7-13)22-15(20)9-8-14(19)11-2-4-12(17)5-3-11/h2-5,10,13H,6-9H2,1H3,(H,18,21)/t10-/m0/s1. The Morgan fingerprint density at radius 1 is 1.23 bits per heavy atom. The Labute approximate surface area is 134 Å². The Balaban J connectivity index is 1.73. The van der Waals surface area contributed by atoms with Crippen LogP contribution >= 0.6 is 11.6 Å². The number of nitrogens with one attached hydrogen (secondary N) is 1. The molecule has 22 heavy (non-hydrogen) atoms. The minimum atomic E-state index is -0.835. The first-order valence-electron chi connectivity index (χ1n) is 7.24. The number of hydrogen-bond donors (Lipinski definition) is 1. The highest BCUT2D eigenvalue weighted by Crippen LogP contribution is 2.19. The molecule has 0 aliphatic heterocycles. The molecule has 1 aliphatic rings. The second kappa shape index (κ2) is 7.40. The van der Waals surface area contributed by atoms with E-state index in [1.54, 1.807) is 24.3 Å². The van der Waals surface area contributed by atoms with E-state index in [0.717, 1.165) is 12.8 Å². The largest absolute Gasteiger partial charge is 0.453 e. The average Bonchev–Trinajstić information content (AvgIpc) is 3.29. The molecule has 1 N–H and O–H groups in total. The molecule has 1 aromatic carbocycles. The maximum absolute atomic E-state index is 11.9. The highest BCUT2D eigenvalue weighted by Gasteiger charge is 2.27. The van der Waals surface area contributed by atoms with Gasteiger partial charge in [0.05, 0.1) is 6.42 Å². The molecule has 1 aliphatic carbocycles. The molecule has 0 heterocycles. The van der Waals surface area contributed by atoms with Crippen LogP contribution in [0.25, 0.3) is 0 Å². The summed E-state index contributed by atoms with van der Waals surface area (Å²) in [5.41, 5.74) is 0.497. The van der Waals surface area contributed by atoms with Crippen LogP contribution in [0.3, 0.4) is 0 Å². The number of Topliss-reactive ketones (excluding diaryl/α,β-unsaturated/α-hetero) is 1. The van der Waals surface area contributed by atoms with Crippen molar-refractivity contribution >= 4 is 29.3 Å². The summed E-state index contributed by atoms with van der Waals surface area (Å²) in [6.07, 6.45) is 1.10. The van der Waals surface area contributed by atoms with E-state index in [-0.39, 0.29) is 30.6 Å². The third-order valence-electron chi connectivity index (χ3n) is 3.32. The number of esters is 1. The molecule has 1 fully saturated rings. The van der Waals surface area contributed by atoms with E-state index in [4.69, 9.17) is 16.3 Å². The molecule has 0 radical (unpaired) electrons. The number of rotatable bonds is 7. The number of benzene rings is 1. The van der Waals surface area contributed by atoms with Gasteiger partial charge in [0, 0.05) is 23.0 Å². The number of amides is 1. The van der Waals surface area contributed by atoms with Gasteiger partial charge in [-0.3, -0.25) is 14.4 Å². The van der Waals surface area contributed by atoms with E-state index in [9.17, 15) is 14.4 Å².